The van der Waals surface area contributed by atoms with Crippen molar-refractivity contribution < 1.29 is 4.79 Å². The molecule has 0 N–H and O–H groups in total. The van der Waals surface area contributed by atoms with E-state index >= 15 is 0 Å². The van der Waals surface area contributed by atoms with Gasteiger partial charge in [-0.15, -0.1) is 11.6 Å². The summed E-state index contributed by atoms with van der Waals surface area (Å²) in [5.41, 5.74) is 2.07. The Hall–Kier alpha value is -1.81. The molecular weight excluding hydrogens is 262 g/mol. The summed E-state index contributed by atoms with van der Waals surface area (Å²) in [6, 6.07) is 9.84. The lowest BCUT2D eigenvalue weighted by atomic mass is 10.1. The SMILES string of the molecule is O=C1CC(Cl)CN1Cc1ccccc1-n1cccn1. The second kappa shape index (κ2) is 5.05. The number of carbonyl (C=O) groups excluding carboxylic acids is 1. The monoisotopic (exact) mass is 275 g/mol. The molecule has 1 fully saturated rings. The second-order valence-electron chi connectivity index (χ2n) is 4.66. The predicted octanol–water partition coefficient (Wildman–Crippen LogP) is 2.21. The number of aromatic nitrogens is 2. The quantitative estimate of drug-likeness (QED) is 0.806. The van der Waals surface area contributed by atoms with Crippen LogP contribution in [0.4, 0.5) is 0 Å². The van der Waals surface area contributed by atoms with Crippen molar-refractivity contribution in [3.05, 3.63) is 48.3 Å². The van der Waals surface area contributed by atoms with E-state index in [-0.39, 0.29) is 11.3 Å². The first kappa shape index (κ1) is 12.2. The zero-order chi connectivity index (χ0) is 13.2. The number of alkyl halides is 1. The van der Waals surface area contributed by atoms with Crippen molar-refractivity contribution in [1.29, 1.82) is 0 Å². The minimum Gasteiger partial charge on any atom is -0.337 e. The zero-order valence-electron chi connectivity index (χ0n) is 10.4. The van der Waals surface area contributed by atoms with Gasteiger partial charge in [0, 0.05) is 31.9 Å². The van der Waals surface area contributed by atoms with E-state index < -0.39 is 0 Å². The van der Waals surface area contributed by atoms with E-state index in [1.54, 1.807) is 11.1 Å². The number of carbonyl (C=O) groups is 1. The zero-order valence-corrected chi connectivity index (χ0v) is 11.1. The number of halogens is 1. The molecule has 1 amide bonds. The second-order valence-corrected chi connectivity index (χ2v) is 5.27. The number of likely N-dealkylation sites (tertiary alicyclic amines) is 1. The Morgan fingerprint density at radius 1 is 1.32 bits per heavy atom. The fourth-order valence-electron chi connectivity index (χ4n) is 2.36. The summed E-state index contributed by atoms with van der Waals surface area (Å²) in [7, 11) is 0. The van der Waals surface area contributed by atoms with Crippen molar-refractivity contribution in [2.24, 2.45) is 0 Å². The predicted molar refractivity (Wildman–Crippen MR) is 73.2 cm³/mol. The molecule has 2 aromatic rings. The summed E-state index contributed by atoms with van der Waals surface area (Å²) in [6.07, 6.45) is 4.08. The molecule has 0 saturated carbocycles. The van der Waals surface area contributed by atoms with Gasteiger partial charge in [-0.1, -0.05) is 18.2 Å². The molecule has 0 aliphatic carbocycles. The van der Waals surface area contributed by atoms with Gasteiger partial charge >= 0.3 is 0 Å². The first-order valence-electron chi connectivity index (χ1n) is 6.24. The molecular formula is C14H14ClN3O. The molecule has 2 heterocycles. The molecule has 1 unspecified atom stereocenters. The van der Waals surface area contributed by atoms with E-state index in [2.05, 4.69) is 5.10 Å². The van der Waals surface area contributed by atoms with Crippen LogP contribution in [0.5, 0.6) is 0 Å². The maximum absolute atomic E-state index is 11.8. The van der Waals surface area contributed by atoms with Gasteiger partial charge in [0.25, 0.3) is 0 Å². The van der Waals surface area contributed by atoms with Crippen molar-refractivity contribution in [3.63, 3.8) is 0 Å². The van der Waals surface area contributed by atoms with Gasteiger partial charge in [-0.05, 0) is 17.7 Å². The van der Waals surface area contributed by atoms with Gasteiger partial charge in [0.05, 0.1) is 11.1 Å². The van der Waals surface area contributed by atoms with Crippen LogP contribution in [-0.4, -0.2) is 32.5 Å². The van der Waals surface area contributed by atoms with Gasteiger partial charge in [0.1, 0.15) is 0 Å². The van der Waals surface area contributed by atoms with E-state index in [1.807, 2.05) is 41.2 Å². The molecule has 1 aromatic heterocycles. The molecule has 0 radical (unpaired) electrons. The fraction of sp³-hybridized carbons (Fsp3) is 0.286. The average molecular weight is 276 g/mol. The third kappa shape index (κ3) is 2.49. The maximum Gasteiger partial charge on any atom is 0.224 e. The molecule has 1 aliphatic heterocycles. The molecule has 1 aromatic carbocycles. The van der Waals surface area contributed by atoms with E-state index in [0.29, 0.717) is 19.5 Å². The van der Waals surface area contributed by atoms with Crippen LogP contribution in [0.3, 0.4) is 0 Å². The van der Waals surface area contributed by atoms with Crippen LogP contribution in [0, 0.1) is 0 Å². The minimum absolute atomic E-state index is 0.0654. The molecule has 1 aliphatic rings. The van der Waals surface area contributed by atoms with Crippen LogP contribution in [-0.2, 0) is 11.3 Å². The first-order valence-corrected chi connectivity index (χ1v) is 6.67. The fourth-order valence-corrected chi connectivity index (χ4v) is 2.66. The molecule has 5 heteroatoms. The normalized spacial score (nSPS) is 19.1. The minimum atomic E-state index is -0.0654. The number of nitrogens with zero attached hydrogens (tertiary/aromatic N) is 3. The molecule has 98 valence electrons. The van der Waals surface area contributed by atoms with Crippen LogP contribution >= 0.6 is 11.6 Å². The summed E-state index contributed by atoms with van der Waals surface area (Å²) in [4.78, 5) is 13.6. The summed E-state index contributed by atoms with van der Waals surface area (Å²) in [6.45, 7) is 1.20. The lowest BCUT2D eigenvalue weighted by Gasteiger charge is -2.18. The molecule has 1 atom stereocenters. The number of para-hydroxylation sites is 1. The molecule has 19 heavy (non-hydrogen) atoms. The van der Waals surface area contributed by atoms with Crippen molar-refractivity contribution in [1.82, 2.24) is 14.7 Å². The number of rotatable bonds is 3. The third-order valence-electron chi connectivity index (χ3n) is 3.27. The Kier molecular flexibility index (Phi) is 3.25. The highest BCUT2D eigenvalue weighted by atomic mass is 35.5. The lowest BCUT2D eigenvalue weighted by molar-refractivity contribution is -0.128. The number of hydrogen-bond donors (Lipinski definition) is 0. The van der Waals surface area contributed by atoms with Gasteiger partial charge in [0.2, 0.25) is 5.91 Å². The van der Waals surface area contributed by atoms with Gasteiger partial charge in [0.15, 0.2) is 0 Å². The Morgan fingerprint density at radius 2 is 2.16 bits per heavy atom. The third-order valence-corrected chi connectivity index (χ3v) is 3.56. The highest BCUT2D eigenvalue weighted by Crippen LogP contribution is 2.21. The highest BCUT2D eigenvalue weighted by Gasteiger charge is 2.28. The topological polar surface area (TPSA) is 38.1 Å². The Morgan fingerprint density at radius 3 is 2.84 bits per heavy atom. The summed E-state index contributed by atoms with van der Waals surface area (Å²) in [5.74, 6) is 0.121. The van der Waals surface area contributed by atoms with Gasteiger partial charge in [-0.25, -0.2) is 4.68 Å². The standard InChI is InChI=1S/C14H14ClN3O/c15-12-8-14(19)17(10-12)9-11-4-1-2-5-13(11)18-7-3-6-16-18/h1-7,12H,8-10H2. The van der Waals surface area contributed by atoms with Crippen molar-refractivity contribution in [2.75, 3.05) is 6.54 Å². The van der Waals surface area contributed by atoms with Crippen LogP contribution in [0.25, 0.3) is 5.69 Å². The average Bonchev–Trinajstić information content (AvgIpc) is 3.01. The highest BCUT2D eigenvalue weighted by molar-refractivity contribution is 6.22. The van der Waals surface area contributed by atoms with E-state index in [4.69, 9.17) is 11.6 Å². The summed E-state index contributed by atoms with van der Waals surface area (Å²) < 4.78 is 1.81. The van der Waals surface area contributed by atoms with Crippen LogP contribution in [0.1, 0.15) is 12.0 Å². The van der Waals surface area contributed by atoms with Crippen LogP contribution in [0.15, 0.2) is 42.7 Å². The summed E-state index contributed by atoms with van der Waals surface area (Å²) >= 11 is 6.03. The van der Waals surface area contributed by atoms with E-state index in [9.17, 15) is 4.79 Å². The Balaban J connectivity index is 1.87. The van der Waals surface area contributed by atoms with Gasteiger partial charge in [-0.2, -0.15) is 5.10 Å². The maximum atomic E-state index is 11.8. The van der Waals surface area contributed by atoms with Crippen molar-refractivity contribution in [2.45, 2.75) is 18.3 Å². The molecule has 1 saturated heterocycles. The summed E-state index contributed by atoms with van der Waals surface area (Å²) in [5, 5.41) is 4.18. The van der Waals surface area contributed by atoms with Crippen LogP contribution < -0.4 is 0 Å². The molecule has 4 nitrogen and oxygen atoms in total. The first-order chi connectivity index (χ1) is 9.24. The largest absolute Gasteiger partial charge is 0.337 e. The van der Waals surface area contributed by atoms with Gasteiger partial charge in [-0.3, -0.25) is 4.79 Å². The molecule has 3 rings (SSSR count). The lowest BCUT2D eigenvalue weighted by Crippen LogP contribution is -2.25. The molecule has 0 bridgehead atoms. The van der Waals surface area contributed by atoms with Gasteiger partial charge < -0.3 is 4.90 Å². The van der Waals surface area contributed by atoms with E-state index in [0.717, 1.165) is 11.3 Å². The number of benzene rings is 1. The van der Waals surface area contributed by atoms with Crippen LogP contribution in [0.2, 0.25) is 0 Å². The Labute approximate surface area is 116 Å². The van der Waals surface area contributed by atoms with E-state index in [1.165, 1.54) is 0 Å². The van der Waals surface area contributed by atoms with Crippen molar-refractivity contribution in [3.8, 4) is 5.69 Å². The van der Waals surface area contributed by atoms with Crippen molar-refractivity contribution >= 4 is 17.5 Å². The number of amides is 1. The molecule has 0 spiro atoms. The number of hydrogen-bond acceptors (Lipinski definition) is 2. The Bertz CT molecular complexity index is 582. The smallest absolute Gasteiger partial charge is 0.224 e.